The molecule has 3 fully saturated rings. The maximum absolute atomic E-state index is 9.54. The smallest absolute Gasteiger partial charge is 0.108 e. The van der Waals surface area contributed by atoms with E-state index in [1.807, 2.05) is 0 Å². The standard InChI is InChI=1S/C15H25N3O/c1-19-10-12-5-7-18(9-12)14-4-6-15(8-14,11-16)17-13-2-3-13/h12-14,17H,2-10H2,1H3. The van der Waals surface area contributed by atoms with Crippen LogP contribution in [0.4, 0.5) is 0 Å². The van der Waals surface area contributed by atoms with Crippen molar-refractivity contribution in [2.24, 2.45) is 5.92 Å². The molecule has 3 rings (SSSR count). The number of hydrogen-bond donors (Lipinski definition) is 1. The minimum absolute atomic E-state index is 0.231. The predicted octanol–water partition coefficient (Wildman–Crippen LogP) is 1.52. The fourth-order valence-corrected chi connectivity index (χ4v) is 3.78. The highest BCUT2D eigenvalue weighted by molar-refractivity contribution is 5.15. The molecule has 2 saturated carbocycles. The lowest BCUT2D eigenvalue weighted by molar-refractivity contribution is 0.146. The first-order valence-corrected chi connectivity index (χ1v) is 7.66. The topological polar surface area (TPSA) is 48.3 Å². The number of methoxy groups -OCH3 is 1. The number of likely N-dealkylation sites (tertiary alicyclic amines) is 1. The minimum Gasteiger partial charge on any atom is -0.384 e. The van der Waals surface area contributed by atoms with Gasteiger partial charge in [-0.15, -0.1) is 0 Å². The third-order valence-corrected chi connectivity index (χ3v) is 5.00. The number of ether oxygens (including phenoxy) is 1. The van der Waals surface area contributed by atoms with Crippen LogP contribution in [0.1, 0.15) is 38.5 Å². The normalized spacial score (nSPS) is 39.6. The Kier molecular flexibility index (Phi) is 3.79. The van der Waals surface area contributed by atoms with Crippen molar-refractivity contribution >= 4 is 0 Å². The van der Waals surface area contributed by atoms with Gasteiger partial charge in [-0.3, -0.25) is 10.2 Å². The summed E-state index contributed by atoms with van der Waals surface area (Å²) in [6.45, 7) is 3.22. The first-order chi connectivity index (χ1) is 9.24. The Bertz CT molecular complexity index is 363. The van der Waals surface area contributed by atoms with Gasteiger partial charge in [-0.05, 0) is 51.0 Å². The van der Waals surface area contributed by atoms with Crippen molar-refractivity contribution in [3.05, 3.63) is 0 Å². The van der Waals surface area contributed by atoms with Crippen molar-refractivity contribution in [3.8, 4) is 6.07 Å². The van der Waals surface area contributed by atoms with Gasteiger partial charge in [0.25, 0.3) is 0 Å². The van der Waals surface area contributed by atoms with Crippen molar-refractivity contribution in [2.75, 3.05) is 26.8 Å². The summed E-state index contributed by atoms with van der Waals surface area (Å²) in [5, 5.41) is 13.1. The third-order valence-electron chi connectivity index (χ3n) is 5.00. The van der Waals surface area contributed by atoms with Gasteiger partial charge in [0.15, 0.2) is 0 Å². The van der Waals surface area contributed by atoms with E-state index in [1.165, 1.54) is 32.2 Å². The molecule has 3 atom stereocenters. The van der Waals surface area contributed by atoms with Crippen LogP contribution in [0.2, 0.25) is 0 Å². The molecule has 0 spiro atoms. The van der Waals surface area contributed by atoms with Crippen LogP contribution < -0.4 is 5.32 Å². The lowest BCUT2D eigenvalue weighted by Crippen LogP contribution is -2.44. The van der Waals surface area contributed by atoms with E-state index < -0.39 is 0 Å². The van der Waals surface area contributed by atoms with E-state index in [2.05, 4.69) is 16.3 Å². The van der Waals surface area contributed by atoms with Gasteiger partial charge in [0.05, 0.1) is 12.7 Å². The van der Waals surface area contributed by atoms with Gasteiger partial charge in [0.2, 0.25) is 0 Å². The highest BCUT2D eigenvalue weighted by Gasteiger charge is 2.45. The minimum atomic E-state index is -0.231. The quantitative estimate of drug-likeness (QED) is 0.817. The summed E-state index contributed by atoms with van der Waals surface area (Å²) in [6, 6.07) is 3.80. The number of nitrogens with zero attached hydrogens (tertiary/aromatic N) is 2. The van der Waals surface area contributed by atoms with Crippen LogP contribution in [0.5, 0.6) is 0 Å². The molecular formula is C15H25N3O. The molecule has 2 aliphatic carbocycles. The zero-order valence-corrected chi connectivity index (χ0v) is 11.9. The van der Waals surface area contributed by atoms with E-state index in [0.29, 0.717) is 18.0 Å². The molecule has 1 saturated heterocycles. The average molecular weight is 263 g/mol. The Labute approximate surface area is 116 Å². The van der Waals surface area contributed by atoms with Gasteiger partial charge >= 0.3 is 0 Å². The molecule has 4 nitrogen and oxygen atoms in total. The van der Waals surface area contributed by atoms with Crippen molar-refractivity contribution in [2.45, 2.75) is 56.1 Å². The molecule has 0 aromatic rings. The molecule has 0 aromatic carbocycles. The lowest BCUT2D eigenvalue weighted by Gasteiger charge is -2.27. The molecule has 1 N–H and O–H groups in total. The Morgan fingerprint density at radius 3 is 2.89 bits per heavy atom. The molecule has 4 heteroatoms. The fourth-order valence-electron chi connectivity index (χ4n) is 3.78. The Morgan fingerprint density at radius 1 is 1.37 bits per heavy atom. The SMILES string of the molecule is COCC1CCN(C2CCC(C#N)(NC3CC3)C2)C1. The van der Waals surface area contributed by atoms with Gasteiger partial charge in [-0.1, -0.05) is 0 Å². The zero-order valence-electron chi connectivity index (χ0n) is 11.9. The summed E-state index contributed by atoms with van der Waals surface area (Å²) in [7, 11) is 1.79. The highest BCUT2D eigenvalue weighted by atomic mass is 16.5. The van der Waals surface area contributed by atoms with Gasteiger partial charge in [0, 0.05) is 25.7 Å². The maximum atomic E-state index is 9.54. The fraction of sp³-hybridized carbons (Fsp3) is 0.933. The Balaban J connectivity index is 1.55. The van der Waals surface area contributed by atoms with Crippen LogP contribution >= 0.6 is 0 Å². The van der Waals surface area contributed by atoms with E-state index in [9.17, 15) is 5.26 Å². The summed E-state index contributed by atoms with van der Waals surface area (Å²) < 4.78 is 5.27. The Morgan fingerprint density at radius 2 is 2.21 bits per heavy atom. The molecule has 0 amide bonds. The van der Waals surface area contributed by atoms with E-state index in [0.717, 1.165) is 26.0 Å². The van der Waals surface area contributed by atoms with E-state index >= 15 is 0 Å². The Hall–Kier alpha value is -0.630. The second kappa shape index (κ2) is 5.40. The van der Waals surface area contributed by atoms with Crippen molar-refractivity contribution < 1.29 is 4.74 Å². The van der Waals surface area contributed by atoms with Gasteiger partial charge in [0.1, 0.15) is 5.54 Å². The number of rotatable bonds is 5. The van der Waals surface area contributed by atoms with Crippen LogP contribution in [-0.4, -0.2) is 49.3 Å². The zero-order chi connectivity index (χ0) is 13.3. The molecule has 3 aliphatic rings. The molecule has 0 bridgehead atoms. The van der Waals surface area contributed by atoms with Gasteiger partial charge in [-0.2, -0.15) is 5.26 Å². The molecule has 1 heterocycles. The van der Waals surface area contributed by atoms with E-state index in [-0.39, 0.29) is 5.54 Å². The summed E-state index contributed by atoms with van der Waals surface area (Å²) in [5.41, 5.74) is -0.231. The first-order valence-electron chi connectivity index (χ1n) is 7.66. The summed E-state index contributed by atoms with van der Waals surface area (Å²) in [6.07, 6.45) is 6.98. The van der Waals surface area contributed by atoms with E-state index in [4.69, 9.17) is 4.74 Å². The van der Waals surface area contributed by atoms with Gasteiger partial charge in [-0.25, -0.2) is 0 Å². The van der Waals surface area contributed by atoms with Crippen molar-refractivity contribution in [1.29, 1.82) is 5.26 Å². The molecule has 1 aliphatic heterocycles. The van der Waals surface area contributed by atoms with Crippen LogP contribution in [0.25, 0.3) is 0 Å². The van der Waals surface area contributed by atoms with Crippen LogP contribution in [0, 0.1) is 17.2 Å². The lowest BCUT2D eigenvalue weighted by atomic mass is 9.99. The predicted molar refractivity (Wildman–Crippen MR) is 73.7 cm³/mol. The molecule has 0 radical (unpaired) electrons. The second-order valence-corrected chi connectivity index (χ2v) is 6.61. The second-order valence-electron chi connectivity index (χ2n) is 6.61. The van der Waals surface area contributed by atoms with Crippen LogP contribution in [0.15, 0.2) is 0 Å². The summed E-state index contributed by atoms with van der Waals surface area (Å²) in [5.74, 6) is 0.693. The van der Waals surface area contributed by atoms with Gasteiger partial charge < -0.3 is 4.74 Å². The molecule has 106 valence electrons. The monoisotopic (exact) mass is 263 g/mol. The van der Waals surface area contributed by atoms with Crippen LogP contribution in [0.3, 0.4) is 0 Å². The third kappa shape index (κ3) is 2.94. The summed E-state index contributed by atoms with van der Waals surface area (Å²) >= 11 is 0. The molecule has 3 unspecified atom stereocenters. The van der Waals surface area contributed by atoms with Crippen LogP contribution in [-0.2, 0) is 4.74 Å². The molecule has 19 heavy (non-hydrogen) atoms. The number of hydrogen-bond acceptors (Lipinski definition) is 4. The number of nitrogens with one attached hydrogen (secondary N) is 1. The first kappa shape index (κ1) is 13.4. The summed E-state index contributed by atoms with van der Waals surface area (Å²) in [4.78, 5) is 2.59. The maximum Gasteiger partial charge on any atom is 0.108 e. The van der Waals surface area contributed by atoms with E-state index in [1.54, 1.807) is 7.11 Å². The molecular weight excluding hydrogens is 238 g/mol. The highest BCUT2D eigenvalue weighted by Crippen LogP contribution is 2.37. The van der Waals surface area contributed by atoms with Crippen molar-refractivity contribution in [1.82, 2.24) is 10.2 Å². The largest absolute Gasteiger partial charge is 0.384 e. The average Bonchev–Trinajstić information content (AvgIpc) is 2.92. The van der Waals surface area contributed by atoms with Crippen molar-refractivity contribution in [3.63, 3.8) is 0 Å². The molecule has 0 aromatic heterocycles. The number of nitriles is 1.